The molecule has 3 rings (SSSR count). The summed E-state index contributed by atoms with van der Waals surface area (Å²) in [5.74, 6) is 2.15. The van der Waals surface area contributed by atoms with Crippen LogP contribution in [0.5, 0.6) is 17.2 Å². The highest BCUT2D eigenvalue weighted by molar-refractivity contribution is 5.93. The Morgan fingerprint density at radius 3 is 2.57 bits per heavy atom. The zero-order valence-electron chi connectivity index (χ0n) is 13.4. The van der Waals surface area contributed by atoms with E-state index in [4.69, 9.17) is 18.9 Å². The number of rotatable bonds is 6. The summed E-state index contributed by atoms with van der Waals surface area (Å²) in [6, 6.07) is 13.8. The van der Waals surface area contributed by atoms with Crippen LogP contribution in [0.25, 0.3) is 22.2 Å². The predicted octanol–water partition coefficient (Wildman–Crippen LogP) is 3.83. The van der Waals surface area contributed by atoms with Gasteiger partial charge in [-0.15, -0.1) is 0 Å². The zero-order chi connectivity index (χ0) is 16.2. The Hall–Kier alpha value is -2.66. The zero-order valence-corrected chi connectivity index (χ0v) is 13.4. The van der Waals surface area contributed by atoms with Crippen molar-refractivity contribution in [1.29, 1.82) is 0 Å². The van der Waals surface area contributed by atoms with Crippen molar-refractivity contribution >= 4 is 10.9 Å². The minimum absolute atomic E-state index is 0.162. The van der Waals surface area contributed by atoms with Crippen LogP contribution < -0.4 is 14.2 Å². The Morgan fingerprint density at radius 2 is 1.83 bits per heavy atom. The van der Waals surface area contributed by atoms with E-state index in [1.807, 2.05) is 42.5 Å². The van der Waals surface area contributed by atoms with Crippen LogP contribution in [0, 0.1) is 0 Å². The molecule has 5 nitrogen and oxygen atoms in total. The summed E-state index contributed by atoms with van der Waals surface area (Å²) in [4.78, 5) is 3.40. The largest absolute Gasteiger partial charge is 0.497 e. The van der Waals surface area contributed by atoms with Crippen LogP contribution in [-0.4, -0.2) is 33.1 Å². The van der Waals surface area contributed by atoms with E-state index in [0.717, 1.165) is 27.9 Å². The number of hydrogen-bond donors (Lipinski definition) is 1. The molecule has 5 heteroatoms. The molecule has 0 saturated carbocycles. The maximum atomic E-state index is 5.69. The Bertz CT molecular complexity index is 810. The molecule has 0 aliphatic heterocycles. The van der Waals surface area contributed by atoms with Crippen LogP contribution in [0.15, 0.2) is 42.5 Å². The van der Waals surface area contributed by atoms with Gasteiger partial charge in [0.25, 0.3) is 0 Å². The van der Waals surface area contributed by atoms with Crippen LogP contribution >= 0.6 is 0 Å². The van der Waals surface area contributed by atoms with Crippen molar-refractivity contribution in [2.24, 2.45) is 0 Å². The van der Waals surface area contributed by atoms with E-state index in [1.54, 1.807) is 21.3 Å². The van der Waals surface area contributed by atoms with Gasteiger partial charge in [0.1, 0.15) is 5.75 Å². The SMILES string of the molecule is COCOc1c(OC)ccc2[nH]c(-c3cccc(OC)c3)cc12. The van der Waals surface area contributed by atoms with E-state index in [-0.39, 0.29) is 6.79 Å². The lowest BCUT2D eigenvalue weighted by Gasteiger charge is -2.10. The molecule has 0 fully saturated rings. The van der Waals surface area contributed by atoms with E-state index in [0.29, 0.717) is 11.5 Å². The van der Waals surface area contributed by atoms with Crippen molar-refractivity contribution < 1.29 is 18.9 Å². The fraction of sp³-hybridized carbons (Fsp3) is 0.222. The molecule has 0 radical (unpaired) electrons. The minimum atomic E-state index is 0.162. The summed E-state index contributed by atoms with van der Waals surface area (Å²) in [6.07, 6.45) is 0. The third kappa shape index (κ3) is 2.96. The number of aromatic amines is 1. The number of nitrogens with one attached hydrogen (secondary N) is 1. The van der Waals surface area contributed by atoms with Gasteiger partial charge in [-0.3, -0.25) is 0 Å². The maximum Gasteiger partial charge on any atom is 0.188 e. The average molecular weight is 313 g/mol. The van der Waals surface area contributed by atoms with Gasteiger partial charge >= 0.3 is 0 Å². The molecule has 0 saturated heterocycles. The second kappa shape index (κ2) is 6.62. The van der Waals surface area contributed by atoms with Crippen molar-refractivity contribution in [1.82, 2.24) is 4.98 Å². The number of methoxy groups -OCH3 is 3. The Kier molecular flexibility index (Phi) is 4.39. The van der Waals surface area contributed by atoms with Gasteiger partial charge in [0, 0.05) is 29.3 Å². The highest BCUT2D eigenvalue weighted by Gasteiger charge is 2.13. The molecule has 0 amide bonds. The number of fused-ring (bicyclic) bond motifs is 1. The smallest absolute Gasteiger partial charge is 0.188 e. The Morgan fingerprint density at radius 1 is 0.957 bits per heavy atom. The summed E-state index contributed by atoms with van der Waals surface area (Å²) < 4.78 is 21.4. The van der Waals surface area contributed by atoms with E-state index >= 15 is 0 Å². The number of aromatic nitrogens is 1. The number of hydrogen-bond acceptors (Lipinski definition) is 4. The average Bonchev–Trinajstić information content (AvgIpc) is 3.04. The van der Waals surface area contributed by atoms with Crippen LogP contribution in [-0.2, 0) is 4.74 Å². The predicted molar refractivity (Wildman–Crippen MR) is 89.3 cm³/mol. The first-order valence-electron chi connectivity index (χ1n) is 7.22. The number of ether oxygens (including phenoxy) is 4. The minimum Gasteiger partial charge on any atom is -0.497 e. The van der Waals surface area contributed by atoms with Gasteiger partial charge in [-0.2, -0.15) is 0 Å². The summed E-state index contributed by atoms with van der Waals surface area (Å²) in [6.45, 7) is 0.162. The molecule has 0 bridgehead atoms. The molecule has 23 heavy (non-hydrogen) atoms. The molecule has 3 aromatic rings. The van der Waals surface area contributed by atoms with E-state index in [2.05, 4.69) is 4.98 Å². The number of benzene rings is 2. The molecule has 1 N–H and O–H groups in total. The third-order valence-corrected chi connectivity index (χ3v) is 3.64. The normalized spacial score (nSPS) is 10.7. The summed E-state index contributed by atoms with van der Waals surface area (Å²) in [7, 11) is 4.87. The summed E-state index contributed by atoms with van der Waals surface area (Å²) >= 11 is 0. The molecule has 0 aliphatic rings. The van der Waals surface area contributed by atoms with Gasteiger partial charge in [0.05, 0.1) is 14.2 Å². The molecule has 0 unspecified atom stereocenters. The Labute approximate surface area is 134 Å². The lowest BCUT2D eigenvalue weighted by Crippen LogP contribution is -2.00. The fourth-order valence-corrected chi connectivity index (χ4v) is 2.53. The van der Waals surface area contributed by atoms with Crippen molar-refractivity contribution in [3.8, 4) is 28.5 Å². The van der Waals surface area contributed by atoms with Crippen LogP contribution in [0.1, 0.15) is 0 Å². The first kappa shape index (κ1) is 15.2. The summed E-state index contributed by atoms with van der Waals surface area (Å²) in [5.41, 5.74) is 2.99. The van der Waals surface area contributed by atoms with Gasteiger partial charge in [0.15, 0.2) is 18.3 Å². The van der Waals surface area contributed by atoms with Crippen LogP contribution in [0.4, 0.5) is 0 Å². The fourth-order valence-electron chi connectivity index (χ4n) is 2.53. The van der Waals surface area contributed by atoms with Gasteiger partial charge in [0.2, 0.25) is 0 Å². The molecule has 0 aliphatic carbocycles. The van der Waals surface area contributed by atoms with Crippen molar-refractivity contribution in [3.05, 3.63) is 42.5 Å². The topological polar surface area (TPSA) is 52.7 Å². The van der Waals surface area contributed by atoms with Crippen molar-refractivity contribution in [2.75, 3.05) is 28.1 Å². The van der Waals surface area contributed by atoms with Crippen LogP contribution in [0.2, 0.25) is 0 Å². The van der Waals surface area contributed by atoms with Crippen molar-refractivity contribution in [2.45, 2.75) is 0 Å². The molecule has 0 spiro atoms. The summed E-state index contributed by atoms with van der Waals surface area (Å²) in [5, 5.41) is 0.944. The standard InChI is InChI=1S/C18H19NO4/c1-20-11-23-18-14-10-16(12-5-4-6-13(9-12)21-2)19-15(14)7-8-17(18)22-3/h4-10,19H,11H2,1-3H3. The molecule has 1 aromatic heterocycles. The van der Waals surface area contributed by atoms with Gasteiger partial charge in [-0.05, 0) is 30.3 Å². The van der Waals surface area contributed by atoms with E-state index in [9.17, 15) is 0 Å². The highest BCUT2D eigenvalue weighted by Crippen LogP contribution is 2.38. The van der Waals surface area contributed by atoms with E-state index in [1.165, 1.54) is 0 Å². The monoisotopic (exact) mass is 313 g/mol. The van der Waals surface area contributed by atoms with Gasteiger partial charge in [-0.1, -0.05) is 12.1 Å². The molecular formula is C18H19NO4. The molecule has 120 valence electrons. The van der Waals surface area contributed by atoms with Crippen LogP contribution in [0.3, 0.4) is 0 Å². The van der Waals surface area contributed by atoms with Crippen molar-refractivity contribution in [3.63, 3.8) is 0 Å². The highest BCUT2D eigenvalue weighted by atomic mass is 16.7. The quantitative estimate of drug-likeness (QED) is 0.703. The van der Waals surface area contributed by atoms with E-state index < -0.39 is 0 Å². The van der Waals surface area contributed by atoms with Gasteiger partial charge in [-0.25, -0.2) is 0 Å². The van der Waals surface area contributed by atoms with Gasteiger partial charge < -0.3 is 23.9 Å². The third-order valence-electron chi connectivity index (χ3n) is 3.64. The molecule has 1 heterocycles. The second-order valence-electron chi connectivity index (χ2n) is 5.02. The first-order valence-corrected chi connectivity index (χ1v) is 7.22. The molecule has 0 atom stereocenters. The lowest BCUT2D eigenvalue weighted by atomic mass is 10.1. The maximum absolute atomic E-state index is 5.69. The second-order valence-corrected chi connectivity index (χ2v) is 5.02. The first-order chi connectivity index (χ1) is 11.3. The lowest BCUT2D eigenvalue weighted by molar-refractivity contribution is 0.0503. The molecule has 2 aromatic carbocycles. The number of H-pyrrole nitrogens is 1. The molecular weight excluding hydrogens is 294 g/mol. The Balaban J connectivity index is 2.10.